The lowest BCUT2D eigenvalue weighted by Crippen LogP contribution is -2.23. The molecular formula is C22H22N4O4. The molecular weight excluding hydrogens is 384 g/mol. The highest BCUT2D eigenvalue weighted by Crippen LogP contribution is 2.36. The second-order valence-corrected chi connectivity index (χ2v) is 7.04. The number of fused-ring (bicyclic) bond motifs is 1. The third-order valence-electron chi connectivity index (χ3n) is 5.06. The Kier molecular flexibility index (Phi) is 5.14. The van der Waals surface area contributed by atoms with Crippen molar-refractivity contribution in [1.82, 2.24) is 9.78 Å². The quantitative estimate of drug-likeness (QED) is 0.654. The van der Waals surface area contributed by atoms with E-state index < -0.39 is 6.04 Å². The molecule has 2 amide bonds. The number of aromatic nitrogens is 2. The first kappa shape index (κ1) is 19.5. The Balaban J connectivity index is 1.52. The molecule has 2 N–H and O–H groups in total. The monoisotopic (exact) mass is 406 g/mol. The topological polar surface area (TPSA) is 94.5 Å². The van der Waals surface area contributed by atoms with Crippen molar-refractivity contribution in [2.24, 2.45) is 0 Å². The van der Waals surface area contributed by atoms with Gasteiger partial charge in [0.05, 0.1) is 32.5 Å². The number of nitrogens with zero attached hydrogens (tertiary/aromatic N) is 2. The lowest BCUT2D eigenvalue weighted by atomic mass is 10.1. The van der Waals surface area contributed by atoms with E-state index in [1.165, 1.54) is 7.11 Å². The van der Waals surface area contributed by atoms with Gasteiger partial charge in [0.15, 0.2) is 0 Å². The predicted octanol–water partition coefficient (Wildman–Crippen LogP) is 3.40. The first-order valence-electron chi connectivity index (χ1n) is 9.47. The van der Waals surface area contributed by atoms with Gasteiger partial charge in [0.25, 0.3) is 5.91 Å². The second kappa shape index (κ2) is 7.90. The molecule has 8 heteroatoms. The molecule has 2 heterocycles. The summed E-state index contributed by atoms with van der Waals surface area (Å²) in [5.41, 5.74) is 3.43. The van der Waals surface area contributed by atoms with Crippen molar-refractivity contribution in [1.29, 1.82) is 0 Å². The number of methoxy groups -OCH3 is 2. The minimum absolute atomic E-state index is 0.0525. The third kappa shape index (κ3) is 3.59. The number of carbonyl (C=O) groups is 2. The van der Waals surface area contributed by atoms with Crippen molar-refractivity contribution >= 4 is 23.3 Å². The Hall–Kier alpha value is -3.81. The summed E-state index contributed by atoms with van der Waals surface area (Å²) in [6, 6.07) is 12.3. The lowest BCUT2D eigenvalue weighted by molar-refractivity contribution is -0.123. The Morgan fingerprint density at radius 2 is 1.93 bits per heavy atom. The summed E-state index contributed by atoms with van der Waals surface area (Å²) in [6.45, 7) is 2.01. The molecule has 0 saturated heterocycles. The van der Waals surface area contributed by atoms with Gasteiger partial charge in [-0.3, -0.25) is 9.59 Å². The van der Waals surface area contributed by atoms with Gasteiger partial charge in [-0.25, -0.2) is 4.68 Å². The molecule has 1 aliphatic heterocycles. The van der Waals surface area contributed by atoms with Crippen LogP contribution in [0.1, 0.15) is 18.0 Å². The molecule has 1 atom stereocenters. The molecule has 0 fully saturated rings. The number of hydrogen-bond acceptors (Lipinski definition) is 5. The van der Waals surface area contributed by atoms with Crippen molar-refractivity contribution in [3.63, 3.8) is 0 Å². The van der Waals surface area contributed by atoms with Gasteiger partial charge in [-0.2, -0.15) is 5.10 Å². The van der Waals surface area contributed by atoms with Gasteiger partial charge in [-0.1, -0.05) is 29.8 Å². The summed E-state index contributed by atoms with van der Waals surface area (Å²) in [6.07, 6.45) is 1.65. The molecule has 0 aliphatic carbocycles. The number of benzene rings is 2. The summed E-state index contributed by atoms with van der Waals surface area (Å²) in [5, 5.41) is 10.0. The van der Waals surface area contributed by atoms with Crippen LogP contribution >= 0.6 is 0 Å². The van der Waals surface area contributed by atoms with Gasteiger partial charge in [0.1, 0.15) is 23.4 Å². The number of nitrogens with one attached hydrogen (secondary N) is 2. The first-order valence-corrected chi connectivity index (χ1v) is 9.47. The van der Waals surface area contributed by atoms with E-state index in [1.54, 1.807) is 36.2 Å². The Morgan fingerprint density at radius 3 is 2.63 bits per heavy atom. The fourth-order valence-corrected chi connectivity index (χ4v) is 3.44. The number of ether oxygens (including phenoxy) is 2. The molecule has 0 bridgehead atoms. The van der Waals surface area contributed by atoms with Crippen molar-refractivity contribution in [2.75, 3.05) is 24.9 Å². The molecule has 0 spiro atoms. The van der Waals surface area contributed by atoms with E-state index in [-0.39, 0.29) is 18.2 Å². The van der Waals surface area contributed by atoms with Crippen LogP contribution < -0.4 is 20.1 Å². The van der Waals surface area contributed by atoms with Crippen LogP contribution in [0.25, 0.3) is 11.1 Å². The number of rotatable bonds is 6. The Labute approximate surface area is 173 Å². The average molecular weight is 406 g/mol. The zero-order valence-corrected chi connectivity index (χ0v) is 16.9. The number of amides is 2. The van der Waals surface area contributed by atoms with Gasteiger partial charge in [0, 0.05) is 11.6 Å². The minimum atomic E-state index is -0.719. The van der Waals surface area contributed by atoms with Crippen LogP contribution in [0.15, 0.2) is 48.7 Å². The molecule has 1 aliphatic rings. The van der Waals surface area contributed by atoms with E-state index in [1.807, 2.05) is 31.2 Å². The van der Waals surface area contributed by atoms with E-state index in [9.17, 15) is 9.59 Å². The summed E-state index contributed by atoms with van der Waals surface area (Å²) >= 11 is 0. The first-order chi connectivity index (χ1) is 14.5. The summed E-state index contributed by atoms with van der Waals surface area (Å²) in [7, 11) is 3.07. The lowest BCUT2D eigenvalue weighted by Gasteiger charge is -2.13. The zero-order chi connectivity index (χ0) is 21.3. The smallest absolute Gasteiger partial charge is 0.251 e. The Morgan fingerprint density at radius 1 is 1.17 bits per heavy atom. The summed E-state index contributed by atoms with van der Waals surface area (Å²) in [4.78, 5) is 25.2. The van der Waals surface area contributed by atoms with Gasteiger partial charge in [-0.15, -0.1) is 0 Å². The molecule has 4 rings (SSSR count). The average Bonchev–Trinajstić information content (AvgIpc) is 3.28. The number of hydrogen-bond donors (Lipinski definition) is 2. The van der Waals surface area contributed by atoms with E-state index in [0.29, 0.717) is 23.0 Å². The van der Waals surface area contributed by atoms with Crippen LogP contribution in [0.2, 0.25) is 0 Å². The molecule has 154 valence electrons. The van der Waals surface area contributed by atoms with E-state index >= 15 is 0 Å². The van der Waals surface area contributed by atoms with Crippen LogP contribution in [0.5, 0.6) is 11.5 Å². The van der Waals surface area contributed by atoms with E-state index in [4.69, 9.17) is 9.47 Å². The third-order valence-corrected chi connectivity index (χ3v) is 5.06. The van der Waals surface area contributed by atoms with Crippen LogP contribution in [0.3, 0.4) is 0 Å². The molecule has 0 saturated carbocycles. The normalized spacial score (nSPS) is 14.8. The number of carbonyl (C=O) groups excluding carboxylic acids is 2. The molecule has 1 aromatic heterocycles. The maximum atomic E-state index is 12.6. The minimum Gasteiger partial charge on any atom is -0.497 e. The SMILES string of the molecule is COc1ccc(NC(=O)CC2C(=O)Nc3c(-c4ccc(C)cc4)cnn32)c(OC)c1. The molecule has 8 nitrogen and oxygen atoms in total. The van der Waals surface area contributed by atoms with Gasteiger partial charge in [0.2, 0.25) is 5.91 Å². The van der Waals surface area contributed by atoms with Crippen LogP contribution in [-0.2, 0) is 9.59 Å². The van der Waals surface area contributed by atoms with Gasteiger partial charge >= 0.3 is 0 Å². The van der Waals surface area contributed by atoms with Crippen molar-refractivity contribution < 1.29 is 19.1 Å². The highest BCUT2D eigenvalue weighted by atomic mass is 16.5. The number of anilines is 2. The fraction of sp³-hybridized carbons (Fsp3) is 0.227. The van der Waals surface area contributed by atoms with E-state index in [2.05, 4.69) is 15.7 Å². The van der Waals surface area contributed by atoms with Gasteiger partial charge < -0.3 is 20.1 Å². The van der Waals surface area contributed by atoms with E-state index in [0.717, 1.165) is 16.7 Å². The molecule has 2 aromatic carbocycles. The van der Waals surface area contributed by atoms with Crippen molar-refractivity contribution in [2.45, 2.75) is 19.4 Å². The largest absolute Gasteiger partial charge is 0.497 e. The highest BCUT2D eigenvalue weighted by Gasteiger charge is 2.35. The number of aryl methyl sites for hydroxylation is 1. The molecule has 1 unspecified atom stereocenters. The fourth-order valence-electron chi connectivity index (χ4n) is 3.44. The molecule has 30 heavy (non-hydrogen) atoms. The summed E-state index contributed by atoms with van der Waals surface area (Å²) in [5.74, 6) is 1.11. The maximum absolute atomic E-state index is 12.6. The maximum Gasteiger partial charge on any atom is 0.251 e. The predicted molar refractivity (Wildman–Crippen MR) is 113 cm³/mol. The summed E-state index contributed by atoms with van der Waals surface area (Å²) < 4.78 is 12.0. The zero-order valence-electron chi connectivity index (χ0n) is 16.9. The Bertz CT molecular complexity index is 1100. The standard InChI is InChI=1S/C22H22N4O4/c1-13-4-6-14(7-5-13)16-12-23-26-18(22(28)25-21(16)26)11-20(27)24-17-9-8-15(29-2)10-19(17)30-3/h4-10,12,18H,11H2,1-3H3,(H,24,27)(H,25,28). The van der Waals surface area contributed by atoms with Crippen LogP contribution in [0.4, 0.5) is 11.5 Å². The van der Waals surface area contributed by atoms with Crippen molar-refractivity contribution in [3.05, 3.63) is 54.2 Å². The molecule has 3 aromatic rings. The second-order valence-electron chi connectivity index (χ2n) is 7.04. The van der Waals surface area contributed by atoms with Crippen molar-refractivity contribution in [3.8, 4) is 22.6 Å². The van der Waals surface area contributed by atoms with Crippen LogP contribution in [0, 0.1) is 6.92 Å². The van der Waals surface area contributed by atoms with Gasteiger partial charge in [-0.05, 0) is 24.6 Å². The highest BCUT2D eigenvalue weighted by molar-refractivity contribution is 6.04. The molecule has 0 radical (unpaired) electrons. The van der Waals surface area contributed by atoms with Crippen LogP contribution in [-0.4, -0.2) is 35.8 Å².